The van der Waals surface area contributed by atoms with Crippen LogP contribution >= 0.6 is 24.0 Å². The Hall–Kier alpha value is -2.78. The van der Waals surface area contributed by atoms with Crippen molar-refractivity contribution in [1.29, 1.82) is 0 Å². The van der Waals surface area contributed by atoms with Crippen molar-refractivity contribution in [3.63, 3.8) is 0 Å². The van der Waals surface area contributed by atoms with Crippen LogP contribution in [-0.4, -0.2) is 37.8 Å². The summed E-state index contributed by atoms with van der Waals surface area (Å²) < 4.78 is 2.98. The molecule has 4 heterocycles. The minimum Gasteiger partial charge on any atom is -0.383 e. The Morgan fingerprint density at radius 2 is 2.04 bits per heavy atom. The molecular formula is C17H17Cl2N7O2. The van der Waals surface area contributed by atoms with Gasteiger partial charge >= 0.3 is 0 Å². The molecule has 0 aromatic carbocycles. The molecule has 146 valence electrons. The minimum atomic E-state index is -0.540. The SMILES string of the molecule is CN1n2c(c(Cl)cc(-n3ccc4c(N)ncnc43)c2=O)C(=O)NC12CCC2.Cl. The molecule has 3 aromatic heterocycles. The van der Waals surface area contributed by atoms with Crippen LogP contribution in [0.25, 0.3) is 16.7 Å². The van der Waals surface area contributed by atoms with Gasteiger partial charge < -0.3 is 11.1 Å². The van der Waals surface area contributed by atoms with Crippen LogP contribution in [-0.2, 0) is 0 Å². The van der Waals surface area contributed by atoms with Crippen molar-refractivity contribution >= 4 is 46.8 Å². The molecule has 2 aliphatic rings. The smallest absolute Gasteiger partial charge is 0.294 e. The fraction of sp³-hybridized carbons (Fsp3) is 0.294. The van der Waals surface area contributed by atoms with Gasteiger partial charge in [-0.15, -0.1) is 12.4 Å². The Balaban J connectivity index is 0.00000192. The molecular weight excluding hydrogens is 405 g/mol. The Morgan fingerprint density at radius 1 is 1.29 bits per heavy atom. The zero-order chi connectivity index (χ0) is 18.9. The molecule has 11 heteroatoms. The number of carbonyl (C=O) groups is 1. The predicted molar refractivity (Wildman–Crippen MR) is 108 cm³/mol. The lowest BCUT2D eigenvalue weighted by molar-refractivity contribution is 0.0699. The van der Waals surface area contributed by atoms with Gasteiger partial charge in [-0.05, 0) is 31.4 Å². The van der Waals surface area contributed by atoms with Gasteiger partial charge in [-0.2, -0.15) is 0 Å². The molecule has 1 spiro atoms. The summed E-state index contributed by atoms with van der Waals surface area (Å²) in [4.78, 5) is 34.2. The van der Waals surface area contributed by atoms with Gasteiger partial charge in [0.2, 0.25) is 0 Å². The van der Waals surface area contributed by atoms with Gasteiger partial charge in [0.15, 0.2) is 0 Å². The van der Waals surface area contributed by atoms with Crippen LogP contribution in [0.4, 0.5) is 5.82 Å². The number of carbonyl (C=O) groups excluding carboxylic acids is 1. The van der Waals surface area contributed by atoms with Crippen molar-refractivity contribution in [1.82, 2.24) is 24.5 Å². The van der Waals surface area contributed by atoms with E-state index in [1.807, 2.05) is 0 Å². The van der Waals surface area contributed by atoms with Crippen molar-refractivity contribution in [2.75, 3.05) is 17.8 Å². The molecule has 5 rings (SSSR count). The summed E-state index contributed by atoms with van der Waals surface area (Å²) in [6, 6.07) is 3.23. The van der Waals surface area contributed by atoms with Crippen molar-refractivity contribution in [2.45, 2.75) is 24.9 Å². The maximum Gasteiger partial charge on any atom is 0.294 e. The maximum absolute atomic E-state index is 13.4. The number of hydrogen-bond donors (Lipinski definition) is 2. The molecule has 0 bridgehead atoms. The summed E-state index contributed by atoms with van der Waals surface area (Å²) >= 11 is 6.42. The van der Waals surface area contributed by atoms with E-state index in [4.69, 9.17) is 17.3 Å². The van der Waals surface area contributed by atoms with Gasteiger partial charge in [0.25, 0.3) is 11.5 Å². The lowest BCUT2D eigenvalue weighted by atomic mass is 9.83. The average molecular weight is 422 g/mol. The number of hydrogen-bond acceptors (Lipinski definition) is 6. The molecule has 1 aliphatic carbocycles. The number of rotatable bonds is 1. The lowest BCUT2D eigenvalue weighted by Gasteiger charge is -2.53. The first kappa shape index (κ1) is 18.6. The molecule has 3 N–H and O–H groups in total. The summed E-state index contributed by atoms with van der Waals surface area (Å²) in [6.45, 7) is 0. The van der Waals surface area contributed by atoms with Crippen LogP contribution < -0.4 is 21.6 Å². The van der Waals surface area contributed by atoms with Crippen molar-refractivity contribution in [2.24, 2.45) is 0 Å². The van der Waals surface area contributed by atoms with Crippen LogP contribution in [0.2, 0.25) is 5.02 Å². The second kappa shape index (κ2) is 6.11. The molecule has 1 saturated carbocycles. The summed E-state index contributed by atoms with van der Waals surface area (Å²) in [5.41, 5.74) is 5.92. The maximum atomic E-state index is 13.4. The second-order valence-corrected chi connectivity index (χ2v) is 7.30. The molecule has 3 aromatic rings. The summed E-state index contributed by atoms with van der Waals surface area (Å²) in [6.07, 6.45) is 5.57. The first-order chi connectivity index (χ1) is 12.9. The second-order valence-electron chi connectivity index (χ2n) is 6.89. The highest BCUT2D eigenvalue weighted by molar-refractivity contribution is 6.33. The van der Waals surface area contributed by atoms with Crippen molar-refractivity contribution < 1.29 is 4.79 Å². The molecule has 0 saturated heterocycles. The van der Waals surface area contributed by atoms with E-state index in [9.17, 15) is 9.59 Å². The number of halogens is 2. The molecule has 9 nitrogen and oxygen atoms in total. The van der Waals surface area contributed by atoms with E-state index in [0.717, 1.165) is 19.3 Å². The highest BCUT2D eigenvalue weighted by Gasteiger charge is 2.48. The van der Waals surface area contributed by atoms with Gasteiger partial charge in [0.1, 0.15) is 34.8 Å². The number of amides is 1. The zero-order valence-electron chi connectivity index (χ0n) is 14.8. The lowest BCUT2D eigenvalue weighted by Crippen LogP contribution is -2.72. The van der Waals surface area contributed by atoms with Gasteiger partial charge in [0.05, 0.1) is 10.4 Å². The standard InChI is InChI=1S/C17H16ClN7O2.ClH/c1-23-17(4-2-5-17)22-15(26)12-10(18)7-11(16(27)25(12)23)24-6-3-9-13(19)20-8-21-14(9)24;/h3,6-8H,2,4-5H2,1H3,(H,22,26)(H2,19,20,21);1H. The largest absolute Gasteiger partial charge is 0.383 e. The number of nitrogen functional groups attached to an aromatic ring is 1. The third-order valence-corrected chi connectivity index (χ3v) is 5.83. The highest BCUT2D eigenvalue weighted by atomic mass is 35.5. The van der Waals surface area contributed by atoms with Crippen molar-refractivity contribution in [3.05, 3.63) is 45.7 Å². The Morgan fingerprint density at radius 3 is 2.71 bits per heavy atom. The highest BCUT2D eigenvalue weighted by Crippen LogP contribution is 2.37. The molecule has 0 unspecified atom stereocenters. The summed E-state index contributed by atoms with van der Waals surface area (Å²) in [5, 5.41) is 5.59. The topological polar surface area (TPSA) is 111 Å². The molecule has 1 amide bonds. The molecule has 0 atom stereocenters. The van der Waals surface area contributed by atoms with Crippen LogP contribution in [0.1, 0.15) is 29.8 Å². The van der Waals surface area contributed by atoms with Gasteiger partial charge in [-0.3, -0.25) is 19.2 Å². The summed E-state index contributed by atoms with van der Waals surface area (Å²) in [5.74, 6) is -0.0155. The Bertz CT molecular complexity index is 1180. The Kier molecular flexibility index (Phi) is 4.06. The van der Waals surface area contributed by atoms with E-state index < -0.39 is 5.66 Å². The van der Waals surface area contributed by atoms with Gasteiger partial charge in [-0.25, -0.2) is 14.6 Å². The van der Waals surface area contributed by atoms with Crippen LogP contribution in [0, 0.1) is 0 Å². The number of nitrogens with one attached hydrogen (secondary N) is 1. The van der Waals surface area contributed by atoms with E-state index in [-0.39, 0.29) is 40.3 Å². The quantitative estimate of drug-likeness (QED) is 0.614. The molecule has 28 heavy (non-hydrogen) atoms. The fourth-order valence-corrected chi connectivity index (χ4v) is 4.16. The normalized spacial score (nSPS) is 17.1. The van der Waals surface area contributed by atoms with E-state index in [1.165, 1.54) is 17.1 Å². The predicted octanol–water partition coefficient (Wildman–Crippen LogP) is 1.43. The summed E-state index contributed by atoms with van der Waals surface area (Å²) in [7, 11) is 1.79. The first-order valence-electron chi connectivity index (χ1n) is 8.53. The first-order valence-corrected chi connectivity index (χ1v) is 8.91. The van der Waals surface area contributed by atoms with Crippen LogP contribution in [0.3, 0.4) is 0 Å². The molecule has 0 radical (unpaired) electrons. The molecule has 1 aliphatic heterocycles. The number of nitrogens with two attached hydrogens (primary N) is 1. The minimum absolute atomic E-state index is 0. The zero-order valence-corrected chi connectivity index (χ0v) is 16.4. The monoisotopic (exact) mass is 421 g/mol. The number of pyridine rings is 1. The number of aromatic nitrogens is 4. The van der Waals surface area contributed by atoms with Gasteiger partial charge in [0, 0.05) is 13.2 Å². The van der Waals surface area contributed by atoms with Crippen LogP contribution in [0.15, 0.2) is 29.5 Å². The van der Waals surface area contributed by atoms with E-state index in [0.29, 0.717) is 16.9 Å². The number of nitrogens with zero attached hydrogens (tertiary/aromatic N) is 5. The van der Waals surface area contributed by atoms with Gasteiger partial charge in [-0.1, -0.05) is 11.6 Å². The van der Waals surface area contributed by atoms with Crippen LogP contribution in [0.5, 0.6) is 0 Å². The average Bonchev–Trinajstić information content (AvgIpc) is 3.03. The number of fused-ring (bicyclic) bond motifs is 2. The van der Waals surface area contributed by atoms with E-state index >= 15 is 0 Å². The third-order valence-electron chi connectivity index (χ3n) is 5.55. The number of anilines is 1. The third kappa shape index (κ3) is 2.26. The van der Waals surface area contributed by atoms with Crippen molar-refractivity contribution in [3.8, 4) is 5.69 Å². The fourth-order valence-electron chi connectivity index (χ4n) is 3.89. The van der Waals surface area contributed by atoms with E-state index in [2.05, 4.69) is 15.3 Å². The van der Waals surface area contributed by atoms with E-state index in [1.54, 1.807) is 28.9 Å². The Labute approximate surface area is 170 Å². The molecule has 1 fully saturated rings.